The molecule has 0 radical (unpaired) electrons. The average Bonchev–Trinajstić information content (AvgIpc) is 2.85. The second-order valence-electron chi connectivity index (χ2n) is 6.79. The maximum Gasteiger partial charge on any atom is 0.123 e. The van der Waals surface area contributed by atoms with Crippen LogP contribution in [0, 0.1) is 13.8 Å². The van der Waals surface area contributed by atoms with Crippen molar-refractivity contribution in [2.24, 2.45) is 0 Å². The molecule has 0 bridgehead atoms. The number of hydrogen-bond donors (Lipinski definition) is 2. The van der Waals surface area contributed by atoms with Gasteiger partial charge < -0.3 is 0 Å². The standard InChI is InChI=1S/C21H26Br2N2/c1-15-5-7-17-18-8-6-16(2)14-20(18)21(19(17)13-15,24-11-3-9-22)25-12-4-10-23/h5-8,13-14,24-25H,3-4,9-12H2,1-2H3. The van der Waals surface area contributed by atoms with Crippen LogP contribution < -0.4 is 10.6 Å². The molecule has 1 aliphatic rings. The van der Waals surface area contributed by atoms with E-state index in [1.54, 1.807) is 0 Å². The maximum atomic E-state index is 3.87. The highest BCUT2D eigenvalue weighted by Crippen LogP contribution is 2.46. The van der Waals surface area contributed by atoms with Gasteiger partial charge in [-0.05, 0) is 62.0 Å². The molecule has 0 unspecified atom stereocenters. The molecule has 2 nitrogen and oxygen atoms in total. The Labute approximate surface area is 168 Å². The molecule has 0 saturated heterocycles. The molecule has 0 spiro atoms. The van der Waals surface area contributed by atoms with Crippen molar-refractivity contribution in [1.82, 2.24) is 10.6 Å². The summed E-state index contributed by atoms with van der Waals surface area (Å²) in [5.74, 6) is 0. The Balaban J connectivity index is 2.13. The molecule has 0 aromatic heterocycles. The van der Waals surface area contributed by atoms with Crippen LogP contribution >= 0.6 is 31.9 Å². The highest BCUT2D eigenvalue weighted by Gasteiger charge is 2.42. The monoisotopic (exact) mass is 464 g/mol. The third-order valence-corrected chi connectivity index (χ3v) is 5.97. The molecule has 134 valence electrons. The number of nitrogens with one attached hydrogen (secondary N) is 2. The number of aryl methyl sites for hydroxylation is 2. The maximum absolute atomic E-state index is 3.87. The van der Waals surface area contributed by atoms with E-state index in [-0.39, 0.29) is 5.66 Å². The van der Waals surface area contributed by atoms with Crippen molar-refractivity contribution >= 4 is 31.9 Å². The lowest BCUT2D eigenvalue weighted by Crippen LogP contribution is -2.54. The Morgan fingerprint density at radius 2 is 1.20 bits per heavy atom. The largest absolute Gasteiger partial charge is 0.292 e. The van der Waals surface area contributed by atoms with E-state index in [4.69, 9.17) is 0 Å². The van der Waals surface area contributed by atoms with Gasteiger partial charge >= 0.3 is 0 Å². The molecule has 0 saturated carbocycles. The third-order valence-electron chi connectivity index (χ3n) is 4.85. The van der Waals surface area contributed by atoms with Gasteiger partial charge in [0.2, 0.25) is 0 Å². The molecule has 25 heavy (non-hydrogen) atoms. The van der Waals surface area contributed by atoms with Gasteiger partial charge in [0.1, 0.15) is 5.66 Å². The predicted molar refractivity (Wildman–Crippen MR) is 115 cm³/mol. The van der Waals surface area contributed by atoms with E-state index >= 15 is 0 Å². The fourth-order valence-electron chi connectivity index (χ4n) is 3.68. The number of fused-ring (bicyclic) bond motifs is 3. The first-order valence-corrected chi connectivity index (χ1v) is 11.2. The summed E-state index contributed by atoms with van der Waals surface area (Å²) in [6, 6.07) is 13.7. The summed E-state index contributed by atoms with van der Waals surface area (Å²) in [5, 5.41) is 9.76. The zero-order chi connectivity index (χ0) is 17.9. The van der Waals surface area contributed by atoms with Gasteiger partial charge in [-0.25, -0.2) is 0 Å². The Hall–Kier alpha value is -0.680. The molecule has 2 aromatic carbocycles. The molecular formula is C21H26Br2N2. The first-order chi connectivity index (χ1) is 12.1. The first-order valence-electron chi connectivity index (χ1n) is 8.97. The van der Waals surface area contributed by atoms with Crippen molar-refractivity contribution in [1.29, 1.82) is 0 Å². The van der Waals surface area contributed by atoms with E-state index in [9.17, 15) is 0 Å². The van der Waals surface area contributed by atoms with Crippen LogP contribution in [0.4, 0.5) is 0 Å². The molecule has 1 aliphatic carbocycles. The van der Waals surface area contributed by atoms with Gasteiger partial charge in [-0.3, -0.25) is 10.6 Å². The summed E-state index contributed by atoms with van der Waals surface area (Å²) in [6.07, 6.45) is 2.20. The van der Waals surface area contributed by atoms with E-state index in [2.05, 4.69) is 92.7 Å². The summed E-state index contributed by atoms with van der Waals surface area (Å²) in [5.41, 5.74) is 7.72. The van der Waals surface area contributed by atoms with Crippen molar-refractivity contribution in [3.8, 4) is 11.1 Å². The molecule has 4 heteroatoms. The second kappa shape index (κ2) is 8.34. The minimum Gasteiger partial charge on any atom is -0.292 e. The van der Waals surface area contributed by atoms with Crippen molar-refractivity contribution in [3.05, 3.63) is 58.7 Å². The van der Waals surface area contributed by atoms with Gasteiger partial charge in [0.15, 0.2) is 0 Å². The van der Waals surface area contributed by atoms with Crippen LogP contribution in [0.15, 0.2) is 36.4 Å². The molecular weight excluding hydrogens is 440 g/mol. The van der Waals surface area contributed by atoms with Gasteiger partial charge in [0, 0.05) is 10.7 Å². The quantitative estimate of drug-likeness (QED) is 0.316. The van der Waals surface area contributed by atoms with Crippen LogP contribution in [0.5, 0.6) is 0 Å². The van der Waals surface area contributed by atoms with E-state index in [0.717, 1.165) is 36.6 Å². The lowest BCUT2D eigenvalue weighted by molar-refractivity contribution is 0.328. The molecule has 0 aliphatic heterocycles. The lowest BCUT2D eigenvalue weighted by atomic mass is 9.94. The fourth-order valence-corrected chi connectivity index (χ4v) is 4.24. The van der Waals surface area contributed by atoms with Crippen molar-refractivity contribution < 1.29 is 0 Å². The SMILES string of the molecule is Cc1ccc2c(c1)C(NCCCBr)(NCCCBr)c1cc(C)ccc1-2. The third kappa shape index (κ3) is 3.73. The summed E-state index contributed by atoms with van der Waals surface area (Å²) in [4.78, 5) is 0. The van der Waals surface area contributed by atoms with E-state index < -0.39 is 0 Å². The van der Waals surface area contributed by atoms with Crippen molar-refractivity contribution in [3.63, 3.8) is 0 Å². The van der Waals surface area contributed by atoms with Crippen LogP contribution in [0.2, 0.25) is 0 Å². The van der Waals surface area contributed by atoms with Gasteiger partial charge in [-0.1, -0.05) is 79.4 Å². The summed E-state index contributed by atoms with van der Waals surface area (Å²) in [6.45, 7) is 6.28. The zero-order valence-corrected chi connectivity index (χ0v) is 18.1. The highest BCUT2D eigenvalue weighted by molar-refractivity contribution is 9.09. The Morgan fingerprint density at radius 3 is 1.60 bits per heavy atom. The summed E-state index contributed by atoms with van der Waals surface area (Å²) in [7, 11) is 0. The van der Waals surface area contributed by atoms with E-state index in [1.807, 2.05) is 0 Å². The first kappa shape index (κ1) is 19.1. The summed E-state index contributed by atoms with van der Waals surface area (Å²) < 4.78 is 0. The minimum absolute atomic E-state index is 0.299. The van der Waals surface area contributed by atoms with Gasteiger partial charge in [-0.2, -0.15) is 0 Å². The minimum atomic E-state index is -0.299. The number of hydrogen-bond acceptors (Lipinski definition) is 2. The van der Waals surface area contributed by atoms with Crippen molar-refractivity contribution in [2.75, 3.05) is 23.7 Å². The van der Waals surface area contributed by atoms with Gasteiger partial charge in [0.05, 0.1) is 0 Å². The normalized spacial score (nSPS) is 14.4. The van der Waals surface area contributed by atoms with Crippen LogP contribution in [0.3, 0.4) is 0 Å². The zero-order valence-electron chi connectivity index (χ0n) is 15.0. The molecule has 0 amide bonds. The lowest BCUT2D eigenvalue weighted by Gasteiger charge is -2.35. The Bertz CT molecular complexity index is 679. The highest BCUT2D eigenvalue weighted by atomic mass is 79.9. The summed E-state index contributed by atoms with van der Waals surface area (Å²) >= 11 is 7.12. The van der Waals surface area contributed by atoms with Crippen LogP contribution in [0.25, 0.3) is 11.1 Å². The fraction of sp³-hybridized carbons (Fsp3) is 0.429. The van der Waals surface area contributed by atoms with Crippen LogP contribution in [-0.4, -0.2) is 23.7 Å². The van der Waals surface area contributed by atoms with Gasteiger partial charge in [-0.15, -0.1) is 0 Å². The number of alkyl halides is 2. The Kier molecular flexibility index (Phi) is 6.37. The van der Waals surface area contributed by atoms with Crippen LogP contribution in [-0.2, 0) is 5.66 Å². The Morgan fingerprint density at radius 1 is 0.760 bits per heavy atom. The number of halogens is 2. The molecule has 0 heterocycles. The molecule has 2 N–H and O–H groups in total. The predicted octanol–water partition coefficient (Wildman–Crippen LogP) is 5.23. The average molecular weight is 466 g/mol. The van der Waals surface area contributed by atoms with Crippen molar-refractivity contribution in [2.45, 2.75) is 32.4 Å². The number of benzene rings is 2. The molecule has 0 atom stereocenters. The van der Waals surface area contributed by atoms with Crippen LogP contribution in [0.1, 0.15) is 35.1 Å². The number of rotatable bonds is 8. The molecule has 2 aromatic rings. The molecule has 3 rings (SSSR count). The second-order valence-corrected chi connectivity index (χ2v) is 8.37. The van der Waals surface area contributed by atoms with E-state index in [1.165, 1.54) is 33.4 Å². The molecule has 0 fully saturated rings. The topological polar surface area (TPSA) is 24.1 Å². The van der Waals surface area contributed by atoms with E-state index in [0.29, 0.717) is 0 Å². The van der Waals surface area contributed by atoms with Gasteiger partial charge in [0.25, 0.3) is 0 Å². The smallest absolute Gasteiger partial charge is 0.123 e.